The molecule has 6 nitrogen and oxygen atoms in total. The summed E-state index contributed by atoms with van der Waals surface area (Å²) in [5, 5.41) is 5.82. The lowest BCUT2D eigenvalue weighted by Gasteiger charge is -2.12. The summed E-state index contributed by atoms with van der Waals surface area (Å²) in [6.07, 6.45) is 18.1. The summed E-state index contributed by atoms with van der Waals surface area (Å²) >= 11 is 0. The maximum Gasteiger partial charge on any atom is 0.261 e. The van der Waals surface area contributed by atoms with E-state index in [1.807, 2.05) is 67.6 Å². The van der Waals surface area contributed by atoms with E-state index in [4.69, 9.17) is 4.74 Å². The van der Waals surface area contributed by atoms with Crippen LogP contribution in [-0.2, 0) is 4.79 Å². The SMILES string of the molecule is CCCCCCCCCCCCOc1ccc(/C=C/C(=O)c2ccc(N=CC3C(=O)N(c4ccccc4)N=C3C)cc2)cc1. The lowest BCUT2D eigenvalue weighted by atomic mass is 10.1. The fraction of sp³-hybridized carbons (Fsp3) is 0.368. The van der Waals surface area contributed by atoms with Gasteiger partial charge in [-0.1, -0.05) is 101 Å². The standard InChI is InChI=1S/C38H45N3O3/c1-3-4-5-6-7-8-9-10-11-15-28-44-35-25-18-31(19-26-35)20-27-37(42)32-21-23-33(24-22-32)39-29-36-30(2)40-41(38(36)43)34-16-13-12-14-17-34/h12-14,16-27,29,36H,3-11,15,28H2,1-2H3/b27-20+,39-29?. The van der Waals surface area contributed by atoms with Crippen molar-refractivity contribution in [3.05, 3.63) is 96.1 Å². The molecule has 3 aromatic rings. The smallest absolute Gasteiger partial charge is 0.261 e. The highest BCUT2D eigenvalue weighted by atomic mass is 16.5. The van der Waals surface area contributed by atoms with Crippen molar-refractivity contribution < 1.29 is 14.3 Å². The molecule has 230 valence electrons. The Balaban J connectivity index is 1.17. The maximum atomic E-state index is 12.9. The highest BCUT2D eigenvalue weighted by Gasteiger charge is 2.33. The number of hydrogen-bond donors (Lipinski definition) is 0. The van der Waals surface area contributed by atoms with Gasteiger partial charge in [-0.3, -0.25) is 14.6 Å². The number of unbranched alkanes of at least 4 members (excludes halogenated alkanes) is 9. The van der Waals surface area contributed by atoms with Crippen molar-refractivity contribution in [2.45, 2.75) is 78.1 Å². The van der Waals surface area contributed by atoms with Gasteiger partial charge in [-0.05, 0) is 73.5 Å². The van der Waals surface area contributed by atoms with Gasteiger partial charge in [0.25, 0.3) is 5.91 Å². The van der Waals surface area contributed by atoms with Crippen molar-refractivity contribution in [2.24, 2.45) is 16.0 Å². The number of nitrogens with zero attached hydrogens (tertiary/aromatic N) is 3. The summed E-state index contributed by atoms with van der Waals surface area (Å²) in [5.41, 5.74) is 3.59. The molecule has 44 heavy (non-hydrogen) atoms. The van der Waals surface area contributed by atoms with Crippen LogP contribution in [0, 0.1) is 5.92 Å². The van der Waals surface area contributed by atoms with Crippen molar-refractivity contribution in [1.29, 1.82) is 0 Å². The summed E-state index contributed by atoms with van der Waals surface area (Å²) in [7, 11) is 0. The van der Waals surface area contributed by atoms with Gasteiger partial charge in [0, 0.05) is 11.8 Å². The third kappa shape index (κ3) is 10.1. The van der Waals surface area contributed by atoms with Crippen LogP contribution >= 0.6 is 0 Å². The van der Waals surface area contributed by atoms with Crippen LogP contribution in [0.25, 0.3) is 6.08 Å². The van der Waals surface area contributed by atoms with E-state index >= 15 is 0 Å². The van der Waals surface area contributed by atoms with Gasteiger partial charge in [-0.25, -0.2) is 0 Å². The van der Waals surface area contributed by atoms with E-state index in [2.05, 4.69) is 17.0 Å². The van der Waals surface area contributed by atoms with Crippen molar-refractivity contribution >= 4 is 41.1 Å². The Morgan fingerprint density at radius 3 is 2.14 bits per heavy atom. The predicted octanol–water partition coefficient (Wildman–Crippen LogP) is 9.62. The highest BCUT2D eigenvalue weighted by Crippen LogP contribution is 2.24. The number of carbonyl (C=O) groups is 2. The zero-order valence-corrected chi connectivity index (χ0v) is 26.2. The first-order valence-electron chi connectivity index (χ1n) is 16.1. The second-order valence-electron chi connectivity index (χ2n) is 11.3. The number of amides is 1. The number of ether oxygens (including phenoxy) is 1. The second kappa shape index (κ2) is 17.7. The molecule has 6 heteroatoms. The molecule has 0 fully saturated rings. The highest BCUT2D eigenvalue weighted by molar-refractivity contribution is 6.23. The Kier molecular flexibility index (Phi) is 13.1. The van der Waals surface area contributed by atoms with E-state index < -0.39 is 5.92 Å². The molecule has 1 unspecified atom stereocenters. The summed E-state index contributed by atoms with van der Waals surface area (Å²) in [4.78, 5) is 30.1. The molecule has 0 saturated carbocycles. The number of anilines is 1. The number of carbonyl (C=O) groups excluding carboxylic acids is 2. The van der Waals surface area contributed by atoms with Crippen LogP contribution in [0.15, 0.2) is 95.0 Å². The summed E-state index contributed by atoms with van der Waals surface area (Å²) in [6.45, 7) is 4.82. The number of para-hydroxylation sites is 1. The number of hydrazone groups is 1. The number of allylic oxidation sites excluding steroid dienone is 1. The molecule has 0 N–H and O–H groups in total. The fourth-order valence-electron chi connectivity index (χ4n) is 5.10. The molecule has 1 aliphatic rings. The minimum Gasteiger partial charge on any atom is -0.494 e. The quantitative estimate of drug-likeness (QED) is 0.0640. The zero-order valence-electron chi connectivity index (χ0n) is 26.2. The summed E-state index contributed by atoms with van der Waals surface area (Å²) in [5.74, 6) is 0.113. The van der Waals surface area contributed by atoms with Crippen molar-refractivity contribution in [2.75, 3.05) is 11.6 Å². The lowest BCUT2D eigenvalue weighted by molar-refractivity contribution is -0.118. The molecule has 3 aromatic carbocycles. The van der Waals surface area contributed by atoms with Crippen LogP contribution in [0.1, 0.15) is 94.0 Å². The number of benzene rings is 3. The first kappa shape index (κ1) is 32.6. The van der Waals surface area contributed by atoms with E-state index in [-0.39, 0.29) is 11.7 Å². The molecular formula is C38H45N3O3. The molecule has 1 heterocycles. The average Bonchev–Trinajstić information content (AvgIpc) is 3.35. The van der Waals surface area contributed by atoms with Crippen LogP contribution in [-0.4, -0.2) is 30.2 Å². The minimum atomic E-state index is -0.518. The number of ketones is 1. The molecule has 0 bridgehead atoms. The largest absolute Gasteiger partial charge is 0.494 e. The monoisotopic (exact) mass is 591 g/mol. The van der Waals surface area contributed by atoms with Gasteiger partial charge in [0.15, 0.2) is 5.78 Å². The molecule has 0 spiro atoms. The van der Waals surface area contributed by atoms with Gasteiger partial charge >= 0.3 is 0 Å². The lowest BCUT2D eigenvalue weighted by Crippen LogP contribution is -2.27. The van der Waals surface area contributed by atoms with Crippen molar-refractivity contribution in [3.63, 3.8) is 0 Å². The Hall–Kier alpha value is -4.32. The minimum absolute atomic E-state index is 0.0886. The van der Waals surface area contributed by atoms with Crippen molar-refractivity contribution in [1.82, 2.24) is 0 Å². The third-order valence-corrected chi connectivity index (χ3v) is 7.78. The predicted molar refractivity (Wildman–Crippen MR) is 182 cm³/mol. The van der Waals surface area contributed by atoms with Gasteiger partial charge in [-0.15, -0.1) is 0 Å². The molecule has 1 aliphatic heterocycles. The van der Waals surface area contributed by atoms with Gasteiger partial charge in [0.05, 0.1) is 23.7 Å². The van der Waals surface area contributed by atoms with Crippen LogP contribution in [0.3, 0.4) is 0 Å². The first-order valence-corrected chi connectivity index (χ1v) is 16.1. The molecule has 0 radical (unpaired) electrons. The van der Waals surface area contributed by atoms with Crippen molar-refractivity contribution in [3.8, 4) is 5.75 Å². The van der Waals surface area contributed by atoms with Gasteiger partial charge in [0.2, 0.25) is 0 Å². The first-order chi connectivity index (χ1) is 21.5. The van der Waals surface area contributed by atoms with E-state index in [0.29, 0.717) is 17.0 Å². The Morgan fingerprint density at radius 1 is 0.841 bits per heavy atom. The molecule has 4 rings (SSSR count). The molecule has 0 aromatic heterocycles. The van der Waals surface area contributed by atoms with E-state index in [1.54, 1.807) is 36.6 Å². The van der Waals surface area contributed by atoms with Gasteiger partial charge < -0.3 is 4.74 Å². The molecular weight excluding hydrogens is 546 g/mol. The Morgan fingerprint density at radius 2 is 1.48 bits per heavy atom. The van der Waals surface area contributed by atoms with Crippen LogP contribution < -0.4 is 9.75 Å². The van der Waals surface area contributed by atoms with Gasteiger partial charge in [0.1, 0.15) is 11.7 Å². The van der Waals surface area contributed by atoms with Crippen LogP contribution in [0.2, 0.25) is 0 Å². The number of hydrogen-bond acceptors (Lipinski definition) is 5. The maximum absolute atomic E-state index is 12.9. The molecule has 1 amide bonds. The van der Waals surface area contributed by atoms with E-state index in [0.717, 1.165) is 30.0 Å². The fourth-order valence-corrected chi connectivity index (χ4v) is 5.10. The van der Waals surface area contributed by atoms with Gasteiger partial charge in [-0.2, -0.15) is 10.1 Å². The normalized spacial score (nSPS) is 15.0. The van der Waals surface area contributed by atoms with E-state index in [1.165, 1.54) is 62.8 Å². The molecule has 1 atom stereocenters. The third-order valence-electron chi connectivity index (χ3n) is 7.78. The molecule has 0 saturated heterocycles. The zero-order chi connectivity index (χ0) is 31.0. The number of aliphatic imine (C=N–C) groups is 1. The van der Waals surface area contributed by atoms with E-state index in [9.17, 15) is 9.59 Å². The summed E-state index contributed by atoms with van der Waals surface area (Å²) < 4.78 is 5.90. The Labute approximate surface area is 262 Å². The topological polar surface area (TPSA) is 71.3 Å². The molecule has 0 aliphatic carbocycles. The number of rotatable bonds is 18. The van der Waals surface area contributed by atoms with Crippen LogP contribution in [0.4, 0.5) is 11.4 Å². The second-order valence-corrected chi connectivity index (χ2v) is 11.3. The Bertz CT molecular complexity index is 1410. The summed E-state index contributed by atoms with van der Waals surface area (Å²) in [6, 6.07) is 24.2. The average molecular weight is 592 g/mol. The van der Waals surface area contributed by atoms with Crippen LogP contribution in [0.5, 0.6) is 5.75 Å².